The highest BCUT2D eigenvalue weighted by Crippen LogP contribution is 2.18. The monoisotopic (exact) mass is 219 g/mol. The molecule has 0 unspecified atom stereocenters. The molecule has 16 heavy (non-hydrogen) atoms. The van der Waals surface area contributed by atoms with Gasteiger partial charge in [0.1, 0.15) is 5.52 Å². The van der Waals surface area contributed by atoms with Gasteiger partial charge in [-0.25, -0.2) is 4.98 Å². The van der Waals surface area contributed by atoms with Gasteiger partial charge in [-0.2, -0.15) is 0 Å². The van der Waals surface area contributed by atoms with Crippen molar-refractivity contribution in [3.63, 3.8) is 0 Å². The number of benzene rings is 1. The van der Waals surface area contributed by atoms with Gasteiger partial charge in [-0.3, -0.25) is 4.79 Å². The fourth-order valence-electron chi connectivity index (χ4n) is 1.58. The van der Waals surface area contributed by atoms with Crippen molar-refractivity contribution < 1.29 is 14.3 Å². The van der Waals surface area contributed by atoms with E-state index in [1.807, 2.05) is 25.1 Å². The number of aryl methyl sites for hydroxylation is 2. The van der Waals surface area contributed by atoms with E-state index in [9.17, 15) is 4.79 Å². The smallest absolute Gasteiger partial charge is 0.303 e. The van der Waals surface area contributed by atoms with Crippen molar-refractivity contribution in [2.24, 2.45) is 0 Å². The molecule has 0 fully saturated rings. The maximum Gasteiger partial charge on any atom is 0.303 e. The maximum absolute atomic E-state index is 10.4. The fraction of sp³-hybridized carbons (Fsp3) is 0.333. The third-order valence-electron chi connectivity index (χ3n) is 2.37. The molecule has 2 aromatic rings. The Labute approximate surface area is 92.9 Å². The molecule has 0 aliphatic carbocycles. The van der Waals surface area contributed by atoms with Gasteiger partial charge in [0, 0.05) is 12.8 Å². The van der Waals surface area contributed by atoms with E-state index in [4.69, 9.17) is 9.52 Å². The van der Waals surface area contributed by atoms with E-state index in [0.717, 1.165) is 16.7 Å². The standard InChI is InChI=1S/C12H13NO3/c1-8-5-6-9-10(7-8)16-11(13-9)3-2-4-12(14)15/h5-7H,2-4H2,1H3,(H,14,15). The largest absolute Gasteiger partial charge is 0.481 e. The summed E-state index contributed by atoms with van der Waals surface area (Å²) in [6.07, 6.45) is 1.28. The quantitative estimate of drug-likeness (QED) is 0.858. The molecule has 0 radical (unpaired) electrons. The van der Waals surface area contributed by atoms with Crippen LogP contribution in [0.1, 0.15) is 24.3 Å². The molecule has 0 bridgehead atoms. The Kier molecular flexibility index (Phi) is 2.90. The summed E-state index contributed by atoms with van der Waals surface area (Å²) in [6.45, 7) is 1.99. The Morgan fingerprint density at radius 1 is 1.50 bits per heavy atom. The summed E-state index contributed by atoms with van der Waals surface area (Å²) in [5.41, 5.74) is 2.72. The van der Waals surface area contributed by atoms with Gasteiger partial charge < -0.3 is 9.52 Å². The van der Waals surface area contributed by atoms with Crippen molar-refractivity contribution in [1.29, 1.82) is 0 Å². The first-order chi connectivity index (χ1) is 7.65. The second-order valence-corrected chi connectivity index (χ2v) is 3.83. The van der Waals surface area contributed by atoms with Gasteiger partial charge in [0.2, 0.25) is 0 Å². The number of aromatic nitrogens is 1. The number of hydrogen-bond donors (Lipinski definition) is 1. The highest BCUT2D eigenvalue weighted by Gasteiger charge is 2.06. The minimum absolute atomic E-state index is 0.151. The van der Waals surface area contributed by atoms with Crippen LogP contribution in [0.3, 0.4) is 0 Å². The van der Waals surface area contributed by atoms with Gasteiger partial charge in [-0.15, -0.1) is 0 Å². The summed E-state index contributed by atoms with van der Waals surface area (Å²) >= 11 is 0. The lowest BCUT2D eigenvalue weighted by molar-refractivity contribution is -0.137. The van der Waals surface area contributed by atoms with Crippen LogP contribution >= 0.6 is 0 Å². The zero-order chi connectivity index (χ0) is 11.5. The zero-order valence-electron chi connectivity index (χ0n) is 9.06. The fourth-order valence-corrected chi connectivity index (χ4v) is 1.58. The SMILES string of the molecule is Cc1ccc2nc(CCCC(=O)O)oc2c1. The number of hydrogen-bond acceptors (Lipinski definition) is 3. The molecule has 1 aromatic carbocycles. The summed E-state index contributed by atoms with van der Waals surface area (Å²) < 4.78 is 5.53. The van der Waals surface area contributed by atoms with Crippen LogP contribution < -0.4 is 0 Å². The molecule has 0 saturated carbocycles. The summed E-state index contributed by atoms with van der Waals surface area (Å²) in [5, 5.41) is 8.52. The number of carboxylic acid groups (broad SMARTS) is 1. The van der Waals surface area contributed by atoms with E-state index in [1.54, 1.807) is 0 Å². The van der Waals surface area contributed by atoms with Gasteiger partial charge >= 0.3 is 5.97 Å². The first-order valence-electron chi connectivity index (χ1n) is 5.23. The molecule has 4 nitrogen and oxygen atoms in total. The van der Waals surface area contributed by atoms with Crippen LogP contribution in [0.5, 0.6) is 0 Å². The van der Waals surface area contributed by atoms with Crippen molar-refractivity contribution in [1.82, 2.24) is 4.98 Å². The first kappa shape index (κ1) is 10.7. The second kappa shape index (κ2) is 4.35. The summed E-state index contributed by atoms with van der Waals surface area (Å²) in [7, 11) is 0. The normalized spacial score (nSPS) is 10.8. The van der Waals surface area contributed by atoms with Gasteiger partial charge in [0.15, 0.2) is 11.5 Å². The summed E-state index contributed by atoms with van der Waals surface area (Å²) in [6, 6.07) is 5.82. The molecule has 0 saturated heterocycles. The van der Waals surface area contributed by atoms with Crippen molar-refractivity contribution in [3.8, 4) is 0 Å². The van der Waals surface area contributed by atoms with Crippen LogP contribution in [0.2, 0.25) is 0 Å². The van der Waals surface area contributed by atoms with Crippen molar-refractivity contribution >= 4 is 17.1 Å². The lowest BCUT2D eigenvalue weighted by atomic mass is 10.2. The lowest BCUT2D eigenvalue weighted by Crippen LogP contribution is -1.95. The van der Waals surface area contributed by atoms with Crippen LogP contribution in [-0.4, -0.2) is 16.1 Å². The third kappa shape index (κ3) is 2.39. The van der Waals surface area contributed by atoms with E-state index in [-0.39, 0.29) is 6.42 Å². The predicted octanol–water partition coefficient (Wildman–Crippen LogP) is 2.54. The van der Waals surface area contributed by atoms with E-state index in [1.165, 1.54) is 0 Å². The highest BCUT2D eigenvalue weighted by atomic mass is 16.4. The second-order valence-electron chi connectivity index (χ2n) is 3.83. The average Bonchev–Trinajstić information content (AvgIpc) is 2.58. The third-order valence-corrected chi connectivity index (χ3v) is 2.37. The molecule has 4 heteroatoms. The summed E-state index contributed by atoms with van der Waals surface area (Å²) in [5.74, 6) is -0.172. The molecule has 1 N–H and O–H groups in total. The van der Waals surface area contributed by atoms with Gasteiger partial charge in [0.25, 0.3) is 0 Å². The average molecular weight is 219 g/mol. The number of carbonyl (C=O) groups is 1. The van der Waals surface area contributed by atoms with Gasteiger partial charge in [0.05, 0.1) is 0 Å². The molecule has 84 valence electrons. The van der Waals surface area contributed by atoms with Crippen LogP contribution in [0.4, 0.5) is 0 Å². The van der Waals surface area contributed by atoms with E-state index in [2.05, 4.69) is 4.98 Å². The Hall–Kier alpha value is -1.84. The maximum atomic E-state index is 10.4. The molecule has 0 aliphatic rings. The Morgan fingerprint density at radius 3 is 3.06 bits per heavy atom. The van der Waals surface area contributed by atoms with Crippen LogP contribution in [0, 0.1) is 6.92 Å². The van der Waals surface area contributed by atoms with Crippen LogP contribution in [-0.2, 0) is 11.2 Å². The molecule has 0 spiro atoms. The molecule has 2 rings (SSSR count). The number of rotatable bonds is 4. The number of nitrogens with zero attached hydrogens (tertiary/aromatic N) is 1. The van der Waals surface area contributed by atoms with E-state index < -0.39 is 5.97 Å². The topological polar surface area (TPSA) is 63.3 Å². The predicted molar refractivity (Wildman–Crippen MR) is 59.3 cm³/mol. The molecular weight excluding hydrogens is 206 g/mol. The molecule has 0 aliphatic heterocycles. The Balaban J connectivity index is 2.10. The molecule has 1 heterocycles. The number of oxazole rings is 1. The molecule has 0 amide bonds. The molecule has 1 aromatic heterocycles. The highest BCUT2D eigenvalue weighted by molar-refractivity contribution is 5.73. The number of carboxylic acids is 1. The summed E-state index contributed by atoms with van der Waals surface area (Å²) in [4.78, 5) is 14.6. The van der Waals surface area contributed by atoms with Gasteiger partial charge in [-0.05, 0) is 31.0 Å². The minimum Gasteiger partial charge on any atom is -0.481 e. The van der Waals surface area contributed by atoms with Crippen molar-refractivity contribution in [2.75, 3.05) is 0 Å². The van der Waals surface area contributed by atoms with Crippen molar-refractivity contribution in [3.05, 3.63) is 29.7 Å². The molecule has 0 atom stereocenters. The molecular formula is C12H13NO3. The van der Waals surface area contributed by atoms with Gasteiger partial charge in [-0.1, -0.05) is 6.07 Å². The first-order valence-corrected chi connectivity index (χ1v) is 5.23. The Morgan fingerprint density at radius 2 is 2.31 bits per heavy atom. The van der Waals surface area contributed by atoms with Crippen LogP contribution in [0.15, 0.2) is 22.6 Å². The number of fused-ring (bicyclic) bond motifs is 1. The number of aliphatic carboxylic acids is 1. The lowest BCUT2D eigenvalue weighted by Gasteiger charge is -1.91. The van der Waals surface area contributed by atoms with E-state index >= 15 is 0 Å². The van der Waals surface area contributed by atoms with Crippen molar-refractivity contribution in [2.45, 2.75) is 26.2 Å². The Bertz CT molecular complexity index is 516. The van der Waals surface area contributed by atoms with E-state index in [0.29, 0.717) is 18.7 Å². The zero-order valence-corrected chi connectivity index (χ0v) is 9.06. The minimum atomic E-state index is -0.785. The van der Waals surface area contributed by atoms with Crippen LogP contribution in [0.25, 0.3) is 11.1 Å².